The Bertz CT molecular complexity index is 359. The van der Waals surface area contributed by atoms with Crippen LogP contribution in [0, 0.1) is 0 Å². The fourth-order valence-electron chi connectivity index (χ4n) is 1.47. The fourth-order valence-corrected chi connectivity index (χ4v) is 1.47. The average molecular weight is 207 g/mol. The third-order valence-electron chi connectivity index (χ3n) is 2.29. The predicted molar refractivity (Wildman–Crippen MR) is 62.1 cm³/mol. The molecular weight excluding hydrogens is 190 g/mol. The molecule has 1 aromatic rings. The van der Waals surface area contributed by atoms with E-state index in [2.05, 4.69) is 0 Å². The van der Waals surface area contributed by atoms with E-state index in [-0.39, 0.29) is 5.75 Å². The number of nitrogens with two attached hydrogens (primary N) is 1. The van der Waals surface area contributed by atoms with Gasteiger partial charge in [0.2, 0.25) is 0 Å². The van der Waals surface area contributed by atoms with Gasteiger partial charge in [0, 0.05) is 12.1 Å². The van der Waals surface area contributed by atoms with Gasteiger partial charge in [0.05, 0.1) is 7.11 Å². The number of rotatable bonds is 4. The molecule has 0 unspecified atom stereocenters. The van der Waals surface area contributed by atoms with Gasteiger partial charge in [0.25, 0.3) is 0 Å². The van der Waals surface area contributed by atoms with Gasteiger partial charge in [-0.3, -0.25) is 0 Å². The third kappa shape index (κ3) is 2.50. The molecule has 0 aliphatic heterocycles. The standard InChI is InChI=1S/C12H17NO2/c1-3-9-6-7-11(15-2)12(14)10(9)5-4-8-13/h4-7,14H,3,8,13H2,1-2H3/b5-4+. The van der Waals surface area contributed by atoms with Crippen LogP contribution in [0.3, 0.4) is 0 Å². The molecule has 82 valence electrons. The summed E-state index contributed by atoms with van der Waals surface area (Å²) >= 11 is 0. The molecule has 0 heterocycles. The van der Waals surface area contributed by atoms with Gasteiger partial charge in [-0.25, -0.2) is 0 Å². The second-order valence-electron chi connectivity index (χ2n) is 3.18. The fraction of sp³-hybridized carbons (Fsp3) is 0.333. The van der Waals surface area contributed by atoms with Crippen molar-refractivity contribution in [2.24, 2.45) is 5.73 Å². The molecule has 1 rings (SSSR count). The monoisotopic (exact) mass is 207 g/mol. The summed E-state index contributed by atoms with van der Waals surface area (Å²) in [6.07, 6.45) is 4.51. The molecule has 1 aromatic carbocycles. The zero-order valence-corrected chi connectivity index (χ0v) is 9.16. The highest BCUT2D eigenvalue weighted by molar-refractivity contribution is 5.65. The molecule has 0 saturated heterocycles. The molecule has 3 heteroatoms. The Balaban J connectivity index is 3.22. The van der Waals surface area contributed by atoms with Gasteiger partial charge in [-0.05, 0) is 18.1 Å². The number of phenols is 1. The van der Waals surface area contributed by atoms with Crippen molar-refractivity contribution < 1.29 is 9.84 Å². The average Bonchev–Trinajstić information content (AvgIpc) is 2.27. The van der Waals surface area contributed by atoms with Crippen molar-refractivity contribution in [3.05, 3.63) is 29.3 Å². The molecule has 0 aliphatic rings. The van der Waals surface area contributed by atoms with Crippen LogP contribution in [0.25, 0.3) is 6.08 Å². The second kappa shape index (κ2) is 5.41. The lowest BCUT2D eigenvalue weighted by Crippen LogP contribution is -1.94. The summed E-state index contributed by atoms with van der Waals surface area (Å²) in [5.41, 5.74) is 7.26. The molecule has 3 N–H and O–H groups in total. The summed E-state index contributed by atoms with van der Waals surface area (Å²) in [7, 11) is 1.54. The summed E-state index contributed by atoms with van der Waals surface area (Å²) in [5.74, 6) is 0.672. The minimum absolute atomic E-state index is 0.182. The van der Waals surface area contributed by atoms with E-state index in [0.29, 0.717) is 12.3 Å². The zero-order chi connectivity index (χ0) is 11.3. The normalized spacial score (nSPS) is 10.9. The maximum atomic E-state index is 9.91. The zero-order valence-electron chi connectivity index (χ0n) is 9.16. The lowest BCUT2D eigenvalue weighted by atomic mass is 10.0. The van der Waals surface area contributed by atoms with Crippen LogP contribution < -0.4 is 10.5 Å². The first-order chi connectivity index (χ1) is 7.24. The number of aromatic hydroxyl groups is 1. The van der Waals surface area contributed by atoms with Gasteiger partial charge in [0.1, 0.15) is 0 Å². The predicted octanol–water partition coefficient (Wildman–Crippen LogP) is 1.94. The van der Waals surface area contributed by atoms with Crippen LogP contribution in [0.5, 0.6) is 11.5 Å². The molecular formula is C12H17NO2. The Kier molecular flexibility index (Phi) is 4.18. The maximum absolute atomic E-state index is 9.91. The third-order valence-corrected chi connectivity index (χ3v) is 2.29. The molecule has 0 bridgehead atoms. The Morgan fingerprint density at radius 3 is 2.73 bits per heavy atom. The Morgan fingerprint density at radius 2 is 2.20 bits per heavy atom. The number of hydrogen-bond acceptors (Lipinski definition) is 3. The second-order valence-corrected chi connectivity index (χ2v) is 3.18. The molecule has 3 nitrogen and oxygen atoms in total. The SMILES string of the molecule is CCc1ccc(OC)c(O)c1/C=C/CN. The van der Waals surface area contributed by atoms with E-state index in [1.54, 1.807) is 6.07 Å². The molecule has 15 heavy (non-hydrogen) atoms. The van der Waals surface area contributed by atoms with E-state index in [0.717, 1.165) is 17.5 Å². The smallest absolute Gasteiger partial charge is 0.165 e. The molecule has 0 amide bonds. The summed E-state index contributed by atoms with van der Waals surface area (Å²) in [4.78, 5) is 0. The largest absolute Gasteiger partial charge is 0.504 e. The van der Waals surface area contributed by atoms with Crippen molar-refractivity contribution in [2.75, 3.05) is 13.7 Å². The van der Waals surface area contributed by atoms with Gasteiger partial charge in [-0.1, -0.05) is 25.1 Å². The maximum Gasteiger partial charge on any atom is 0.165 e. The number of hydrogen-bond donors (Lipinski definition) is 2. The highest BCUT2D eigenvalue weighted by Gasteiger charge is 2.09. The minimum Gasteiger partial charge on any atom is -0.504 e. The first-order valence-electron chi connectivity index (χ1n) is 5.00. The summed E-state index contributed by atoms with van der Waals surface area (Å²) in [6, 6.07) is 3.72. The quantitative estimate of drug-likeness (QED) is 0.793. The van der Waals surface area contributed by atoms with Crippen LogP contribution in [0.1, 0.15) is 18.1 Å². The van der Waals surface area contributed by atoms with E-state index in [1.807, 2.05) is 25.1 Å². The van der Waals surface area contributed by atoms with Crippen molar-refractivity contribution in [3.8, 4) is 11.5 Å². The Hall–Kier alpha value is -1.48. The topological polar surface area (TPSA) is 55.5 Å². The molecule has 0 aliphatic carbocycles. The van der Waals surface area contributed by atoms with Crippen LogP contribution in [0.4, 0.5) is 0 Å². The molecule has 0 radical (unpaired) electrons. The van der Waals surface area contributed by atoms with Crippen molar-refractivity contribution in [1.29, 1.82) is 0 Å². The number of benzene rings is 1. The van der Waals surface area contributed by atoms with Gasteiger partial charge in [-0.15, -0.1) is 0 Å². The summed E-state index contributed by atoms with van der Waals surface area (Å²) < 4.78 is 5.05. The van der Waals surface area contributed by atoms with Gasteiger partial charge in [0.15, 0.2) is 11.5 Å². The molecule has 0 spiro atoms. The van der Waals surface area contributed by atoms with E-state index < -0.39 is 0 Å². The minimum atomic E-state index is 0.182. The molecule has 0 aromatic heterocycles. The molecule has 0 saturated carbocycles. The highest BCUT2D eigenvalue weighted by Crippen LogP contribution is 2.33. The molecule has 0 fully saturated rings. The van der Waals surface area contributed by atoms with E-state index >= 15 is 0 Å². The van der Waals surface area contributed by atoms with Crippen molar-refractivity contribution in [1.82, 2.24) is 0 Å². The van der Waals surface area contributed by atoms with E-state index in [4.69, 9.17) is 10.5 Å². The van der Waals surface area contributed by atoms with Crippen molar-refractivity contribution in [3.63, 3.8) is 0 Å². The Labute approximate surface area is 90.2 Å². The summed E-state index contributed by atoms with van der Waals surface area (Å²) in [6.45, 7) is 2.50. The van der Waals surface area contributed by atoms with E-state index in [1.165, 1.54) is 7.11 Å². The van der Waals surface area contributed by atoms with Crippen molar-refractivity contribution >= 4 is 6.08 Å². The van der Waals surface area contributed by atoms with Crippen LogP contribution in [-0.2, 0) is 6.42 Å². The van der Waals surface area contributed by atoms with Gasteiger partial charge in [-0.2, -0.15) is 0 Å². The van der Waals surface area contributed by atoms with Crippen molar-refractivity contribution in [2.45, 2.75) is 13.3 Å². The van der Waals surface area contributed by atoms with Crippen LogP contribution >= 0.6 is 0 Å². The first kappa shape index (κ1) is 11.6. The van der Waals surface area contributed by atoms with Crippen LogP contribution in [0.15, 0.2) is 18.2 Å². The number of ether oxygens (including phenoxy) is 1. The van der Waals surface area contributed by atoms with Crippen LogP contribution in [0.2, 0.25) is 0 Å². The summed E-state index contributed by atoms with van der Waals surface area (Å²) in [5, 5.41) is 9.91. The number of phenolic OH excluding ortho intramolecular Hbond substituents is 1. The Morgan fingerprint density at radius 1 is 1.47 bits per heavy atom. The van der Waals surface area contributed by atoms with Gasteiger partial charge < -0.3 is 15.6 Å². The number of methoxy groups -OCH3 is 1. The highest BCUT2D eigenvalue weighted by atomic mass is 16.5. The van der Waals surface area contributed by atoms with Gasteiger partial charge >= 0.3 is 0 Å². The number of aryl methyl sites for hydroxylation is 1. The first-order valence-corrected chi connectivity index (χ1v) is 5.00. The van der Waals surface area contributed by atoms with Crippen LogP contribution in [-0.4, -0.2) is 18.8 Å². The lowest BCUT2D eigenvalue weighted by molar-refractivity contribution is 0.372. The molecule has 0 atom stereocenters. The van der Waals surface area contributed by atoms with E-state index in [9.17, 15) is 5.11 Å². The lowest BCUT2D eigenvalue weighted by Gasteiger charge is -2.10.